The van der Waals surface area contributed by atoms with Crippen LogP contribution in [0.3, 0.4) is 0 Å². The van der Waals surface area contributed by atoms with Gasteiger partial charge in [-0.2, -0.15) is 0 Å². The standard InChI is InChI=1S/C46H48ClFN8O6S3/c1-46(2,3)40-24-50-41(62-40)27-63-42-25-51-45(64-42)54-44(57)30-14-17-55(18-15-30)56(33-9-12-39(36(47)22-33)60-26-29-6-5-7-32(48)20-29)43-35-21-31(8-11-37(35)52-28-53-43)38-13-10-34(61-38)23-49-16-19-65(4,58)59/h5-13,20-22,24-25,28,30,49H,14-19,23,26-27H2,1-4H3,(H,51,54,57). The summed E-state index contributed by atoms with van der Waals surface area (Å²) in [5.74, 6) is 3.66. The fourth-order valence-corrected chi connectivity index (χ4v) is 9.66. The third kappa shape index (κ3) is 11.9. The normalized spacial score (nSPS) is 13.9. The topological polar surface area (TPSA) is 169 Å². The number of thiazole rings is 1. The minimum Gasteiger partial charge on any atom is -0.487 e. The maximum Gasteiger partial charge on any atom is 0.229 e. The molecule has 1 aliphatic rings. The fraction of sp³-hybridized carbons (Fsp3) is 0.326. The van der Waals surface area contributed by atoms with Crippen molar-refractivity contribution in [2.75, 3.05) is 42.0 Å². The summed E-state index contributed by atoms with van der Waals surface area (Å²) >= 11 is 9.89. The summed E-state index contributed by atoms with van der Waals surface area (Å²) in [6.45, 7) is 8.07. The van der Waals surface area contributed by atoms with Crippen molar-refractivity contribution in [1.82, 2.24) is 30.3 Å². The van der Waals surface area contributed by atoms with Crippen molar-refractivity contribution >= 4 is 78.0 Å². The second kappa shape index (κ2) is 20.0. The molecule has 4 aromatic heterocycles. The molecule has 3 aromatic carbocycles. The number of carbonyl (C=O) groups is 1. The average Bonchev–Trinajstić information content (AvgIpc) is 4.06. The van der Waals surface area contributed by atoms with Crippen LogP contribution in [0.4, 0.5) is 21.0 Å². The number of ether oxygens (including phenoxy) is 1. The van der Waals surface area contributed by atoms with Gasteiger partial charge in [-0.3, -0.25) is 9.80 Å². The monoisotopic (exact) mass is 958 g/mol. The lowest BCUT2D eigenvalue weighted by atomic mass is 9.94. The first kappa shape index (κ1) is 46.2. The Kier molecular flexibility index (Phi) is 14.2. The van der Waals surface area contributed by atoms with Crippen LogP contribution in [0.15, 0.2) is 105 Å². The minimum absolute atomic E-state index is 0.0312. The van der Waals surface area contributed by atoms with Crippen LogP contribution < -0.4 is 20.4 Å². The lowest BCUT2D eigenvalue weighted by Crippen LogP contribution is -2.46. The van der Waals surface area contributed by atoms with E-state index >= 15 is 0 Å². The Morgan fingerprint density at radius 2 is 1.85 bits per heavy atom. The number of piperidine rings is 1. The zero-order valence-electron chi connectivity index (χ0n) is 36.2. The van der Waals surface area contributed by atoms with Crippen molar-refractivity contribution in [2.24, 2.45) is 5.92 Å². The quantitative estimate of drug-likeness (QED) is 0.0653. The maximum atomic E-state index is 13.9. The highest BCUT2D eigenvalue weighted by Crippen LogP contribution is 2.39. The molecule has 1 amide bonds. The van der Waals surface area contributed by atoms with Gasteiger partial charge in [-0.1, -0.05) is 55.8 Å². The SMILES string of the molecule is CC(C)(C)c1cnc(CSc2cnc(NC(=O)C3CCN(N(c4ccc(OCc5cccc(F)c5)c(Cl)c4)c4ncnc5ccc(-c6ccc(CNCCS(C)(=O)=O)o6)cc45)CC3)s2)o1. The molecular formula is C46H48ClFN8O6S3. The van der Waals surface area contributed by atoms with E-state index in [1.165, 1.54) is 36.1 Å². The van der Waals surface area contributed by atoms with Crippen LogP contribution in [0.1, 0.15) is 56.6 Å². The number of carbonyl (C=O) groups excluding carboxylic acids is 1. The van der Waals surface area contributed by atoms with E-state index in [1.54, 1.807) is 48.4 Å². The van der Waals surface area contributed by atoms with Crippen molar-refractivity contribution in [3.8, 4) is 17.1 Å². The van der Waals surface area contributed by atoms with Gasteiger partial charge in [0.15, 0.2) is 10.9 Å². The number of furan rings is 1. The lowest BCUT2D eigenvalue weighted by molar-refractivity contribution is -0.121. The number of hydrogen-bond acceptors (Lipinski definition) is 15. The van der Waals surface area contributed by atoms with E-state index in [4.69, 9.17) is 30.2 Å². The maximum absolute atomic E-state index is 13.9. The lowest BCUT2D eigenvalue weighted by Gasteiger charge is -2.40. The zero-order chi connectivity index (χ0) is 45.7. The number of hydrazine groups is 1. The number of anilines is 3. The third-order valence-corrected chi connectivity index (χ3v) is 14.0. The number of nitrogens with one attached hydrogen (secondary N) is 2. The summed E-state index contributed by atoms with van der Waals surface area (Å²) in [6, 6.07) is 21.2. The van der Waals surface area contributed by atoms with Crippen molar-refractivity contribution in [1.29, 1.82) is 0 Å². The first-order chi connectivity index (χ1) is 31.1. The smallest absolute Gasteiger partial charge is 0.229 e. The van der Waals surface area contributed by atoms with Gasteiger partial charge in [0.25, 0.3) is 0 Å². The van der Waals surface area contributed by atoms with E-state index in [-0.39, 0.29) is 35.4 Å². The molecule has 0 radical (unpaired) electrons. The summed E-state index contributed by atoms with van der Waals surface area (Å²) in [6.07, 6.45) is 7.37. The number of rotatable bonds is 17. The molecule has 1 saturated heterocycles. The molecule has 1 fully saturated rings. The number of fused-ring (bicyclic) bond motifs is 1. The van der Waals surface area contributed by atoms with Crippen molar-refractivity contribution < 1.29 is 31.2 Å². The van der Waals surface area contributed by atoms with Gasteiger partial charge in [-0.15, -0.1) is 11.8 Å². The van der Waals surface area contributed by atoms with Gasteiger partial charge in [-0.05, 0) is 79.1 Å². The number of amides is 1. The van der Waals surface area contributed by atoms with Crippen LogP contribution in [-0.2, 0) is 39.0 Å². The Morgan fingerprint density at radius 3 is 2.60 bits per heavy atom. The Bertz CT molecular complexity index is 2890. The van der Waals surface area contributed by atoms with Gasteiger partial charge in [0.2, 0.25) is 11.8 Å². The number of hydrogen-bond donors (Lipinski definition) is 2. The molecule has 0 saturated carbocycles. The second-order valence-corrected chi connectivity index (χ2v) is 21.7. The van der Waals surface area contributed by atoms with Gasteiger partial charge >= 0.3 is 0 Å². The summed E-state index contributed by atoms with van der Waals surface area (Å²) in [5.41, 5.74) is 2.74. The molecule has 1 aliphatic heterocycles. The molecule has 7 aromatic rings. The molecule has 14 nitrogen and oxygen atoms in total. The number of thioether (sulfide) groups is 1. The molecule has 0 bridgehead atoms. The molecule has 19 heteroatoms. The fourth-order valence-electron chi connectivity index (χ4n) is 7.18. The number of nitrogens with zero attached hydrogens (tertiary/aromatic N) is 6. The Labute approximate surface area is 389 Å². The van der Waals surface area contributed by atoms with Gasteiger partial charge in [0.05, 0.1) is 50.9 Å². The molecule has 0 atom stereocenters. The highest BCUT2D eigenvalue weighted by molar-refractivity contribution is 8.00. The summed E-state index contributed by atoms with van der Waals surface area (Å²) in [4.78, 5) is 32.0. The molecule has 5 heterocycles. The van der Waals surface area contributed by atoms with E-state index < -0.39 is 9.84 Å². The van der Waals surface area contributed by atoms with Gasteiger partial charge < -0.3 is 24.2 Å². The van der Waals surface area contributed by atoms with Crippen LogP contribution in [0.25, 0.3) is 22.2 Å². The number of oxazole rings is 1. The van der Waals surface area contributed by atoms with Crippen LogP contribution >= 0.6 is 34.7 Å². The summed E-state index contributed by atoms with van der Waals surface area (Å²) in [5, 5.41) is 11.9. The van der Waals surface area contributed by atoms with Gasteiger partial charge in [0.1, 0.15) is 51.6 Å². The number of halogens is 2. The molecular weight excluding hydrogens is 911 g/mol. The van der Waals surface area contributed by atoms with Crippen LogP contribution in [0, 0.1) is 11.7 Å². The molecule has 340 valence electrons. The van der Waals surface area contributed by atoms with Crippen molar-refractivity contribution in [2.45, 2.75) is 62.1 Å². The third-order valence-electron chi connectivity index (χ3n) is 10.6. The highest BCUT2D eigenvalue weighted by atomic mass is 35.5. The Balaban J connectivity index is 1.00. The van der Waals surface area contributed by atoms with E-state index in [0.717, 1.165) is 20.9 Å². The summed E-state index contributed by atoms with van der Waals surface area (Å²) < 4.78 is 56.1. The van der Waals surface area contributed by atoms with Crippen LogP contribution in [0.5, 0.6) is 5.75 Å². The van der Waals surface area contributed by atoms with Crippen LogP contribution in [-0.4, -0.2) is 70.9 Å². The predicted molar refractivity (Wildman–Crippen MR) is 253 cm³/mol. The minimum atomic E-state index is -3.09. The van der Waals surface area contributed by atoms with Crippen LogP contribution in [0.2, 0.25) is 5.02 Å². The number of aromatic nitrogens is 4. The van der Waals surface area contributed by atoms with Crippen molar-refractivity contribution in [3.05, 3.63) is 125 Å². The largest absolute Gasteiger partial charge is 0.487 e. The Hall–Kier alpha value is -5.37. The summed E-state index contributed by atoms with van der Waals surface area (Å²) in [7, 11) is -3.09. The molecule has 0 aliphatic carbocycles. The molecule has 2 N–H and O–H groups in total. The number of sulfone groups is 1. The highest BCUT2D eigenvalue weighted by Gasteiger charge is 2.31. The van der Waals surface area contributed by atoms with E-state index in [0.29, 0.717) is 101 Å². The molecule has 0 unspecified atom stereocenters. The van der Waals surface area contributed by atoms with Gasteiger partial charge in [-0.25, -0.2) is 37.8 Å². The Morgan fingerprint density at radius 1 is 1.02 bits per heavy atom. The van der Waals surface area contributed by atoms with E-state index in [1.807, 2.05) is 41.4 Å². The number of benzene rings is 3. The first-order valence-corrected chi connectivity index (χ1v) is 25.2. The first-order valence-electron chi connectivity index (χ1n) is 20.9. The van der Waals surface area contributed by atoms with Gasteiger partial charge in [0, 0.05) is 48.2 Å². The van der Waals surface area contributed by atoms with E-state index in [9.17, 15) is 17.6 Å². The second-order valence-electron chi connectivity index (χ2n) is 16.7. The van der Waals surface area contributed by atoms with Crippen molar-refractivity contribution in [3.63, 3.8) is 0 Å². The average molecular weight is 960 g/mol. The molecule has 65 heavy (non-hydrogen) atoms. The molecule has 8 rings (SSSR count). The van der Waals surface area contributed by atoms with E-state index in [2.05, 4.69) is 51.4 Å². The zero-order valence-corrected chi connectivity index (χ0v) is 39.4. The molecule has 0 spiro atoms. The predicted octanol–water partition coefficient (Wildman–Crippen LogP) is 9.83.